The van der Waals surface area contributed by atoms with E-state index < -0.39 is 11.7 Å². The molecule has 0 saturated heterocycles. The minimum Gasteiger partial charge on any atom is -0.378 e. The minimum atomic E-state index is -0.502. The molecular formula is C12H11BrClNO3. The molecule has 0 N–H and O–H groups in total. The Labute approximate surface area is 118 Å². The molecule has 4 nitrogen and oxygen atoms in total. The van der Waals surface area contributed by atoms with E-state index in [1.165, 1.54) is 4.90 Å². The van der Waals surface area contributed by atoms with Gasteiger partial charge in [0, 0.05) is 16.9 Å². The van der Waals surface area contributed by atoms with E-state index >= 15 is 0 Å². The van der Waals surface area contributed by atoms with Crippen LogP contribution in [-0.4, -0.2) is 37.3 Å². The van der Waals surface area contributed by atoms with Crippen molar-refractivity contribution in [2.45, 2.75) is 0 Å². The number of carbonyl (C=O) groups is 2. The first-order valence-electron chi connectivity index (χ1n) is 5.44. The topological polar surface area (TPSA) is 46.6 Å². The zero-order chi connectivity index (χ0) is 13.1. The fourth-order valence-corrected chi connectivity index (χ4v) is 2.28. The van der Waals surface area contributed by atoms with Crippen LogP contribution in [0.25, 0.3) is 0 Å². The highest BCUT2D eigenvalue weighted by Gasteiger charge is 2.35. The number of anilines is 1. The average Bonchev–Trinajstić information content (AvgIpc) is 2.59. The Morgan fingerprint density at radius 3 is 2.78 bits per heavy atom. The lowest BCUT2D eigenvalue weighted by Gasteiger charge is -2.16. The predicted octanol–water partition coefficient (Wildman–Crippen LogP) is 2.23. The Hall–Kier alpha value is -0.910. The first kappa shape index (κ1) is 13.5. The van der Waals surface area contributed by atoms with E-state index in [0.717, 1.165) is 4.47 Å². The van der Waals surface area contributed by atoms with E-state index in [4.69, 9.17) is 16.3 Å². The number of hydrogen-bond donors (Lipinski definition) is 0. The zero-order valence-electron chi connectivity index (χ0n) is 9.49. The molecular weight excluding hydrogens is 321 g/mol. The third-order valence-electron chi connectivity index (χ3n) is 2.61. The van der Waals surface area contributed by atoms with Gasteiger partial charge in [-0.3, -0.25) is 9.59 Å². The smallest absolute Gasteiger partial charge is 0.299 e. The summed E-state index contributed by atoms with van der Waals surface area (Å²) in [5.74, 6) is -0.558. The molecule has 6 heteroatoms. The molecule has 2 rings (SSSR count). The fourth-order valence-electron chi connectivity index (χ4n) is 1.81. The van der Waals surface area contributed by atoms with Crippen LogP contribution in [0.3, 0.4) is 0 Å². The molecule has 0 fully saturated rings. The fraction of sp³-hybridized carbons (Fsp3) is 0.333. The summed E-state index contributed by atoms with van der Waals surface area (Å²) in [4.78, 5) is 25.0. The molecule has 0 aliphatic carbocycles. The highest BCUT2D eigenvalue weighted by Crippen LogP contribution is 2.30. The number of carbonyl (C=O) groups excluding carboxylic acids is 2. The zero-order valence-corrected chi connectivity index (χ0v) is 11.8. The molecule has 1 aliphatic heterocycles. The molecule has 0 saturated carbocycles. The third-order valence-corrected chi connectivity index (χ3v) is 3.26. The van der Waals surface area contributed by atoms with Crippen molar-refractivity contribution in [2.24, 2.45) is 0 Å². The van der Waals surface area contributed by atoms with Gasteiger partial charge < -0.3 is 9.64 Å². The van der Waals surface area contributed by atoms with Crippen molar-refractivity contribution in [3.63, 3.8) is 0 Å². The summed E-state index contributed by atoms with van der Waals surface area (Å²) in [7, 11) is 0. The summed E-state index contributed by atoms with van der Waals surface area (Å²) in [6, 6.07) is 5.22. The van der Waals surface area contributed by atoms with E-state index in [2.05, 4.69) is 15.9 Å². The monoisotopic (exact) mass is 331 g/mol. The van der Waals surface area contributed by atoms with Crippen LogP contribution in [0.1, 0.15) is 10.4 Å². The van der Waals surface area contributed by atoms with Gasteiger partial charge in [0.2, 0.25) is 0 Å². The number of amides is 1. The quantitative estimate of drug-likeness (QED) is 0.472. The highest BCUT2D eigenvalue weighted by molar-refractivity contribution is 9.10. The molecule has 0 atom stereocenters. The maximum absolute atomic E-state index is 11.8. The van der Waals surface area contributed by atoms with Crippen LogP contribution in [0, 0.1) is 0 Å². The van der Waals surface area contributed by atoms with E-state index in [1.807, 2.05) is 0 Å². The number of halogens is 2. The van der Waals surface area contributed by atoms with Crippen molar-refractivity contribution in [1.82, 2.24) is 0 Å². The molecule has 1 aromatic carbocycles. The third kappa shape index (κ3) is 2.58. The maximum Gasteiger partial charge on any atom is 0.299 e. The van der Waals surface area contributed by atoms with Gasteiger partial charge in [0.25, 0.3) is 11.7 Å². The number of ether oxygens (including phenoxy) is 1. The molecule has 18 heavy (non-hydrogen) atoms. The van der Waals surface area contributed by atoms with Crippen molar-refractivity contribution >= 4 is 44.9 Å². The van der Waals surface area contributed by atoms with Crippen LogP contribution in [0.5, 0.6) is 0 Å². The van der Waals surface area contributed by atoms with Gasteiger partial charge in [0.1, 0.15) is 0 Å². The molecule has 1 amide bonds. The van der Waals surface area contributed by atoms with E-state index in [-0.39, 0.29) is 0 Å². The molecule has 0 unspecified atom stereocenters. The highest BCUT2D eigenvalue weighted by atomic mass is 79.9. The Kier molecular flexibility index (Phi) is 4.37. The summed E-state index contributed by atoms with van der Waals surface area (Å²) in [5, 5.41) is 0. The number of nitrogens with zero attached hydrogens (tertiary/aromatic N) is 1. The second-order valence-electron chi connectivity index (χ2n) is 3.75. The van der Waals surface area contributed by atoms with Crippen molar-refractivity contribution < 1.29 is 14.3 Å². The molecule has 1 aliphatic rings. The van der Waals surface area contributed by atoms with Crippen LogP contribution in [0.4, 0.5) is 5.69 Å². The van der Waals surface area contributed by atoms with Crippen LogP contribution in [0.2, 0.25) is 0 Å². The van der Waals surface area contributed by atoms with Gasteiger partial charge in [-0.25, -0.2) is 0 Å². The van der Waals surface area contributed by atoms with Crippen LogP contribution >= 0.6 is 27.5 Å². The number of rotatable bonds is 5. The van der Waals surface area contributed by atoms with Gasteiger partial charge in [0.05, 0.1) is 24.5 Å². The number of hydrogen-bond acceptors (Lipinski definition) is 3. The van der Waals surface area contributed by atoms with Crippen LogP contribution < -0.4 is 4.90 Å². The minimum absolute atomic E-state index is 0.357. The molecule has 1 heterocycles. The average molecular weight is 333 g/mol. The summed E-state index contributed by atoms with van der Waals surface area (Å²) in [5.41, 5.74) is 1.08. The van der Waals surface area contributed by atoms with Crippen molar-refractivity contribution in [1.29, 1.82) is 0 Å². The molecule has 1 aromatic rings. The molecule has 0 radical (unpaired) electrons. The van der Waals surface area contributed by atoms with Gasteiger partial charge >= 0.3 is 0 Å². The summed E-state index contributed by atoms with van der Waals surface area (Å²) in [6.07, 6.45) is 0. The molecule has 0 aromatic heterocycles. The second-order valence-corrected chi connectivity index (χ2v) is 5.04. The number of alkyl halides is 1. The van der Waals surface area contributed by atoms with Crippen molar-refractivity contribution in [2.75, 3.05) is 30.5 Å². The largest absolute Gasteiger partial charge is 0.378 e. The lowest BCUT2D eigenvalue weighted by Crippen LogP contribution is -2.33. The van der Waals surface area contributed by atoms with Gasteiger partial charge in [-0.05, 0) is 18.2 Å². The Morgan fingerprint density at radius 2 is 2.06 bits per heavy atom. The summed E-state index contributed by atoms with van der Waals surface area (Å²) >= 11 is 8.77. The number of benzene rings is 1. The molecule has 96 valence electrons. The van der Waals surface area contributed by atoms with Gasteiger partial charge in [-0.1, -0.05) is 15.9 Å². The molecule has 0 bridgehead atoms. The summed E-state index contributed by atoms with van der Waals surface area (Å²) in [6.45, 7) is 1.15. The standard InChI is InChI=1S/C12H11BrClNO3/c13-8-1-2-10-9(7-8)11(16)12(17)15(10)4-6-18-5-3-14/h1-2,7H,3-6H2. The Morgan fingerprint density at radius 1 is 1.28 bits per heavy atom. The van der Waals surface area contributed by atoms with Gasteiger partial charge in [-0.2, -0.15) is 0 Å². The lowest BCUT2D eigenvalue weighted by atomic mass is 10.1. The van der Waals surface area contributed by atoms with E-state index in [1.54, 1.807) is 18.2 Å². The first-order valence-corrected chi connectivity index (χ1v) is 6.77. The van der Waals surface area contributed by atoms with E-state index in [0.29, 0.717) is 36.9 Å². The lowest BCUT2D eigenvalue weighted by molar-refractivity contribution is -0.114. The Bertz CT molecular complexity index is 492. The second kappa shape index (κ2) is 5.82. The predicted molar refractivity (Wildman–Crippen MR) is 72.4 cm³/mol. The molecule has 0 spiro atoms. The summed E-state index contributed by atoms with van der Waals surface area (Å²) < 4.78 is 6.00. The van der Waals surface area contributed by atoms with Crippen molar-refractivity contribution in [3.8, 4) is 0 Å². The van der Waals surface area contributed by atoms with Gasteiger partial charge in [-0.15, -0.1) is 11.6 Å². The Balaban J connectivity index is 2.13. The number of fused-ring (bicyclic) bond motifs is 1. The van der Waals surface area contributed by atoms with E-state index in [9.17, 15) is 9.59 Å². The first-order chi connectivity index (χ1) is 8.65. The van der Waals surface area contributed by atoms with Gasteiger partial charge in [0.15, 0.2) is 0 Å². The number of Topliss-reactive ketones (excluding diaryl/α,β-unsaturated/α-hetero) is 1. The maximum atomic E-state index is 11.8. The van der Waals surface area contributed by atoms with Crippen LogP contribution in [-0.2, 0) is 9.53 Å². The number of ketones is 1. The SMILES string of the molecule is O=C1C(=O)N(CCOCCCl)c2ccc(Br)cc21. The van der Waals surface area contributed by atoms with Crippen molar-refractivity contribution in [3.05, 3.63) is 28.2 Å². The normalized spacial score (nSPS) is 14.2. The van der Waals surface area contributed by atoms with Crippen LogP contribution in [0.15, 0.2) is 22.7 Å².